The number of methoxy groups -OCH3 is 1. The van der Waals surface area contributed by atoms with E-state index in [1.807, 2.05) is 9.47 Å². The molecule has 2 aromatic carbocycles. The number of piperazine rings is 1. The molecule has 1 N–H and O–H groups in total. The maximum Gasteiger partial charge on any atom is 0.337 e. The maximum atomic E-state index is 15.3. The molecule has 0 radical (unpaired) electrons. The predicted molar refractivity (Wildman–Crippen MR) is 136 cm³/mol. The summed E-state index contributed by atoms with van der Waals surface area (Å²) in [5.41, 5.74) is 1.17. The van der Waals surface area contributed by atoms with E-state index in [-0.39, 0.29) is 22.6 Å². The van der Waals surface area contributed by atoms with Crippen molar-refractivity contribution in [2.75, 3.05) is 50.1 Å². The second kappa shape index (κ2) is 9.73. The molecule has 0 spiro atoms. The molecular weight excluding hydrogens is 463 g/mol. The van der Waals surface area contributed by atoms with Crippen LogP contribution in [0.3, 0.4) is 0 Å². The van der Waals surface area contributed by atoms with Crippen molar-refractivity contribution in [1.82, 2.24) is 9.47 Å². The molecule has 2 fully saturated rings. The van der Waals surface area contributed by atoms with Crippen molar-refractivity contribution >= 4 is 34.2 Å². The molecule has 0 bridgehead atoms. The lowest BCUT2D eigenvalue weighted by atomic mass is 10.1. The number of hydrogen-bond acceptors (Lipinski definition) is 6. The van der Waals surface area contributed by atoms with Crippen LogP contribution in [0, 0.1) is 5.82 Å². The quantitative estimate of drug-likeness (QED) is 0.529. The van der Waals surface area contributed by atoms with E-state index in [2.05, 4.69) is 17.1 Å². The molecule has 8 nitrogen and oxygen atoms in total. The number of esters is 1. The first-order valence-electron chi connectivity index (χ1n) is 12.2. The van der Waals surface area contributed by atoms with Gasteiger partial charge in [0.15, 0.2) is 0 Å². The number of hydrogen-bond donors (Lipinski definition) is 1. The Morgan fingerprint density at radius 2 is 1.86 bits per heavy atom. The van der Waals surface area contributed by atoms with Crippen LogP contribution in [0.15, 0.2) is 47.4 Å². The molecule has 1 saturated heterocycles. The summed E-state index contributed by atoms with van der Waals surface area (Å²) in [6.45, 7) is 6.24. The zero-order valence-electron chi connectivity index (χ0n) is 20.4. The zero-order valence-corrected chi connectivity index (χ0v) is 20.4. The molecule has 5 rings (SSSR count). The van der Waals surface area contributed by atoms with Gasteiger partial charge in [0, 0.05) is 49.5 Å². The molecule has 1 amide bonds. The molecule has 3 aromatic rings. The largest absolute Gasteiger partial charge is 0.465 e. The van der Waals surface area contributed by atoms with Crippen molar-refractivity contribution in [2.45, 2.75) is 25.8 Å². The minimum absolute atomic E-state index is 0.0680. The van der Waals surface area contributed by atoms with E-state index < -0.39 is 23.1 Å². The van der Waals surface area contributed by atoms with Crippen LogP contribution in [0.4, 0.5) is 15.8 Å². The number of amides is 1. The van der Waals surface area contributed by atoms with Crippen molar-refractivity contribution in [3.05, 3.63) is 69.8 Å². The Bertz CT molecular complexity index is 1390. The molecule has 0 atom stereocenters. The summed E-state index contributed by atoms with van der Waals surface area (Å²) in [5.74, 6) is -1.61. The van der Waals surface area contributed by atoms with Crippen LogP contribution in [0.2, 0.25) is 0 Å². The lowest BCUT2D eigenvalue weighted by Crippen LogP contribution is -2.46. The summed E-state index contributed by atoms with van der Waals surface area (Å²) < 4.78 is 22.0. The van der Waals surface area contributed by atoms with Gasteiger partial charge in [-0.05, 0) is 49.7 Å². The Kier molecular flexibility index (Phi) is 6.49. The molecule has 2 heterocycles. The third kappa shape index (κ3) is 4.58. The van der Waals surface area contributed by atoms with Crippen LogP contribution >= 0.6 is 0 Å². The monoisotopic (exact) mass is 492 g/mol. The number of aromatic nitrogens is 1. The van der Waals surface area contributed by atoms with Crippen molar-refractivity contribution < 1.29 is 18.7 Å². The standard InChI is InChI=1S/C27H29FN4O4/c1-3-30-9-11-31(12-10-30)24-15-23-20(14-22(24)28)25(33)21(16-32(23)19-7-8-19)26(34)29-18-6-4-5-17(13-18)27(35)36-2/h4-6,13-16,19H,3,7-12H2,1-2H3,(H,29,34). The summed E-state index contributed by atoms with van der Waals surface area (Å²) in [7, 11) is 1.28. The van der Waals surface area contributed by atoms with E-state index in [4.69, 9.17) is 4.74 Å². The van der Waals surface area contributed by atoms with Crippen molar-refractivity contribution in [3.8, 4) is 0 Å². The normalized spacial score (nSPS) is 16.2. The highest BCUT2D eigenvalue weighted by Gasteiger charge is 2.28. The Labute approximate surface area is 208 Å². The topological polar surface area (TPSA) is 83.9 Å². The van der Waals surface area contributed by atoms with Gasteiger partial charge in [0.1, 0.15) is 11.4 Å². The van der Waals surface area contributed by atoms with Gasteiger partial charge in [-0.25, -0.2) is 9.18 Å². The number of ether oxygens (including phenoxy) is 1. The molecule has 188 valence electrons. The summed E-state index contributed by atoms with van der Waals surface area (Å²) in [6, 6.07) is 9.48. The highest BCUT2D eigenvalue weighted by atomic mass is 19.1. The molecule has 36 heavy (non-hydrogen) atoms. The van der Waals surface area contributed by atoms with Crippen LogP contribution in [0.5, 0.6) is 0 Å². The molecular formula is C27H29FN4O4. The first-order chi connectivity index (χ1) is 17.4. The predicted octanol–water partition coefficient (Wildman–Crippen LogP) is 3.66. The van der Waals surface area contributed by atoms with Gasteiger partial charge in [-0.3, -0.25) is 9.59 Å². The molecule has 1 aliphatic heterocycles. The Morgan fingerprint density at radius 1 is 1.11 bits per heavy atom. The summed E-state index contributed by atoms with van der Waals surface area (Å²) in [5, 5.41) is 2.88. The van der Waals surface area contributed by atoms with Crippen LogP contribution in [-0.4, -0.2) is 61.2 Å². The summed E-state index contributed by atoms with van der Waals surface area (Å²) in [6.07, 6.45) is 3.45. The SMILES string of the molecule is CCN1CCN(c2cc3c(cc2F)c(=O)c(C(=O)Nc2cccc(C(=O)OC)c2)cn3C2CC2)CC1. The summed E-state index contributed by atoms with van der Waals surface area (Å²) in [4.78, 5) is 42.7. The highest BCUT2D eigenvalue weighted by Crippen LogP contribution is 2.38. The number of anilines is 2. The van der Waals surface area contributed by atoms with Gasteiger partial charge in [-0.1, -0.05) is 13.0 Å². The van der Waals surface area contributed by atoms with Gasteiger partial charge in [0.2, 0.25) is 5.43 Å². The smallest absolute Gasteiger partial charge is 0.337 e. The Morgan fingerprint density at radius 3 is 2.53 bits per heavy atom. The van der Waals surface area contributed by atoms with Crippen LogP contribution in [0.25, 0.3) is 10.9 Å². The van der Waals surface area contributed by atoms with Crippen molar-refractivity contribution in [2.24, 2.45) is 0 Å². The number of pyridine rings is 1. The first-order valence-corrected chi connectivity index (χ1v) is 12.2. The molecule has 2 aliphatic rings. The van der Waals surface area contributed by atoms with E-state index in [1.165, 1.54) is 19.2 Å². The van der Waals surface area contributed by atoms with Crippen molar-refractivity contribution in [1.29, 1.82) is 0 Å². The second-order valence-corrected chi connectivity index (χ2v) is 9.28. The van der Waals surface area contributed by atoms with E-state index in [1.54, 1.807) is 30.5 Å². The highest BCUT2D eigenvalue weighted by molar-refractivity contribution is 6.06. The number of likely N-dealkylation sites (N-methyl/N-ethyl adjacent to an activating group) is 1. The first kappa shape index (κ1) is 24.0. The second-order valence-electron chi connectivity index (χ2n) is 9.28. The van der Waals surface area contributed by atoms with Crippen LogP contribution in [-0.2, 0) is 4.74 Å². The van der Waals surface area contributed by atoms with E-state index in [9.17, 15) is 14.4 Å². The maximum absolute atomic E-state index is 15.3. The zero-order chi connectivity index (χ0) is 25.4. The number of halogens is 1. The lowest BCUT2D eigenvalue weighted by molar-refractivity contribution is 0.0600. The lowest BCUT2D eigenvalue weighted by Gasteiger charge is -2.35. The Balaban J connectivity index is 1.51. The van der Waals surface area contributed by atoms with E-state index in [0.29, 0.717) is 16.9 Å². The van der Waals surface area contributed by atoms with Crippen LogP contribution in [0.1, 0.15) is 46.5 Å². The summed E-state index contributed by atoms with van der Waals surface area (Å²) >= 11 is 0. The van der Waals surface area contributed by atoms with Gasteiger partial charge < -0.3 is 24.4 Å². The molecule has 1 saturated carbocycles. The third-order valence-corrected chi connectivity index (χ3v) is 6.99. The number of rotatable bonds is 6. The van der Waals surface area contributed by atoms with E-state index in [0.717, 1.165) is 45.6 Å². The van der Waals surface area contributed by atoms with Crippen LogP contribution < -0.4 is 15.6 Å². The average Bonchev–Trinajstić information content (AvgIpc) is 3.74. The van der Waals surface area contributed by atoms with E-state index >= 15 is 4.39 Å². The number of carbonyl (C=O) groups is 2. The molecule has 1 aliphatic carbocycles. The number of nitrogens with zero attached hydrogens (tertiary/aromatic N) is 3. The number of nitrogens with one attached hydrogen (secondary N) is 1. The fraction of sp³-hybridized carbons (Fsp3) is 0.370. The van der Waals surface area contributed by atoms with Gasteiger partial charge in [-0.2, -0.15) is 0 Å². The van der Waals surface area contributed by atoms with Gasteiger partial charge in [0.05, 0.1) is 23.9 Å². The molecule has 1 aromatic heterocycles. The van der Waals surface area contributed by atoms with Gasteiger partial charge >= 0.3 is 5.97 Å². The number of carbonyl (C=O) groups excluding carboxylic acids is 2. The van der Waals surface area contributed by atoms with Gasteiger partial charge in [0.25, 0.3) is 5.91 Å². The number of fused-ring (bicyclic) bond motifs is 1. The number of benzene rings is 2. The minimum Gasteiger partial charge on any atom is -0.465 e. The fourth-order valence-corrected chi connectivity index (χ4v) is 4.76. The molecule has 9 heteroatoms. The van der Waals surface area contributed by atoms with Gasteiger partial charge in [-0.15, -0.1) is 0 Å². The third-order valence-electron chi connectivity index (χ3n) is 6.99. The van der Waals surface area contributed by atoms with Crippen molar-refractivity contribution in [3.63, 3.8) is 0 Å². The Hall–Kier alpha value is -3.72. The average molecular weight is 493 g/mol. The molecule has 0 unspecified atom stereocenters. The fourth-order valence-electron chi connectivity index (χ4n) is 4.76. The minimum atomic E-state index is -0.613.